The Balaban J connectivity index is 3.51. The first-order valence-corrected chi connectivity index (χ1v) is 10.6. The third-order valence-electron chi connectivity index (χ3n) is 4.58. The minimum atomic E-state index is -0.00770. The second-order valence-corrected chi connectivity index (χ2v) is 6.90. The fourth-order valence-corrected chi connectivity index (χ4v) is 3.09. The summed E-state index contributed by atoms with van der Waals surface area (Å²) in [7, 11) is 0. The molecule has 0 saturated carbocycles. The smallest absolute Gasteiger partial charge is 0.308 e. The zero-order chi connectivity index (χ0) is 17.9. The van der Waals surface area contributed by atoms with Gasteiger partial charge in [-0.25, -0.2) is 0 Å². The Morgan fingerprint density at radius 3 is 1.92 bits per heavy atom. The highest BCUT2D eigenvalue weighted by Crippen LogP contribution is 2.16. The number of ether oxygens (including phenoxy) is 1. The molecule has 0 heterocycles. The van der Waals surface area contributed by atoms with Crippen LogP contribution in [0.4, 0.5) is 0 Å². The number of rotatable bonds is 17. The molecule has 0 aromatic rings. The zero-order valence-electron chi connectivity index (χ0n) is 16.7. The first-order valence-electron chi connectivity index (χ1n) is 10.6. The summed E-state index contributed by atoms with van der Waals surface area (Å²) in [5.41, 5.74) is 0. The minimum absolute atomic E-state index is 0.00770. The van der Waals surface area contributed by atoms with Crippen LogP contribution in [0.5, 0.6) is 0 Å². The average Bonchev–Trinajstić information content (AvgIpc) is 2.58. The minimum Gasteiger partial charge on any atom is -0.466 e. The Morgan fingerprint density at radius 1 is 0.750 bits per heavy atom. The van der Waals surface area contributed by atoms with E-state index in [2.05, 4.69) is 26.0 Å². The van der Waals surface area contributed by atoms with Crippen molar-refractivity contribution in [3.63, 3.8) is 0 Å². The number of carbonyl (C=O) groups excluding carboxylic acids is 1. The summed E-state index contributed by atoms with van der Waals surface area (Å²) >= 11 is 0. The van der Waals surface area contributed by atoms with Crippen molar-refractivity contribution in [1.29, 1.82) is 0 Å². The van der Waals surface area contributed by atoms with Gasteiger partial charge in [0.1, 0.15) is 0 Å². The highest BCUT2D eigenvalue weighted by molar-refractivity contribution is 5.72. The molecule has 0 spiro atoms. The Kier molecular flexibility index (Phi) is 17.9. The molecule has 142 valence electrons. The zero-order valence-corrected chi connectivity index (χ0v) is 16.7. The fourth-order valence-electron chi connectivity index (χ4n) is 3.09. The summed E-state index contributed by atoms with van der Waals surface area (Å²) in [5, 5.41) is 0. The van der Waals surface area contributed by atoms with Gasteiger partial charge in [0, 0.05) is 0 Å². The lowest BCUT2D eigenvalue weighted by molar-refractivity contribution is -0.148. The van der Waals surface area contributed by atoms with Gasteiger partial charge in [-0.2, -0.15) is 0 Å². The van der Waals surface area contributed by atoms with Crippen molar-refractivity contribution in [2.45, 2.75) is 111 Å². The molecule has 1 unspecified atom stereocenters. The molecule has 0 fully saturated rings. The molecule has 0 bridgehead atoms. The number of carbonyl (C=O) groups is 1. The van der Waals surface area contributed by atoms with Crippen LogP contribution in [0.1, 0.15) is 111 Å². The number of hydrogen-bond donors (Lipinski definition) is 0. The quantitative estimate of drug-likeness (QED) is 0.159. The van der Waals surface area contributed by atoms with Crippen molar-refractivity contribution < 1.29 is 9.53 Å². The van der Waals surface area contributed by atoms with E-state index in [0.29, 0.717) is 6.61 Å². The first kappa shape index (κ1) is 23.2. The fraction of sp³-hybridized carbons (Fsp3) is 0.864. The van der Waals surface area contributed by atoms with Crippen LogP contribution in [-0.4, -0.2) is 12.6 Å². The Hall–Kier alpha value is -0.790. The molecule has 0 N–H and O–H groups in total. The Bertz CT molecular complexity index is 296. The van der Waals surface area contributed by atoms with Crippen LogP contribution < -0.4 is 0 Å². The Morgan fingerprint density at radius 2 is 1.33 bits per heavy atom. The van der Waals surface area contributed by atoms with Crippen LogP contribution in [0.2, 0.25) is 0 Å². The summed E-state index contributed by atoms with van der Waals surface area (Å²) in [5.74, 6) is 0.0824. The molecule has 0 amide bonds. The normalized spacial score (nSPS) is 12.6. The van der Waals surface area contributed by atoms with Crippen molar-refractivity contribution in [2.75, 3.05) is 6.61 Å². The predicted molar refractivity (Wildman–Crippen MR) is 105 cm³/mol. The summed E-state index contributed by atoms with van der Waals surface area (Å²) in [4.78, 5) is 11.8. The second kappa shape index (κ2) is 18.5. The number of allylic oxidation sites excluding steroid dienone is 2. The van der Waals surface area contributed by atoms with Crippen molar-refractivity contribution in [1.82, 2.24) is 0 Å². The SMILES string of the molecule is CCCCCCCCCCCC=CCCC(CCC)C(=O)OCC. The summed E-state index contributed by atoms with van der Waals surface area (Å²) < 4.78 is 5.16. The largest absolute Gasteiger partial charge is 0.466 e. The maximum Gasteiger partial charge on any atom is 0.308 e. The van der Waals surface area contributed by atoms with Gasteiger partial charge in [0.05, 0.1) is 12.5 Å². The van der Waals surface area contributed by atoms with Crippen molar-refractivity contribution >= 4 is 5.97 Å². The summed E-state index contributed by atoms with van der Waals surface area (Å²) in [6.45, 7) is 6.78. The molecule has 0 aliphatic heterocycles. The van der Waals surface area contributed by atoms with Crippen LogP contribution in [0.15, 0.2) is 12.2 Å². The molecule has 2 heteroatoms. The van der Waals surface area contributed by atoms with Crippen molar-refractivity contribution in [3.05, 3.63) is 12.2 Å². The number of esters is 1. The molecule has 24 heavy (non-hydrogen) atoms. The third-order valence-corrected chi connectivity index (χ3v) is 4.58. The van der Waals surface area contributed by atoms with E-state index in [0.717, 1.165) is 25.7 Å². The van der Waals surface area contributed by atoms with E-state index >= 15 is 0 Å². The Labute approximate surface area is 151 Å². The van der Waals surface area contributed by atoms with E-state index in [9.17, 15) is 4.79 Å². The number of unbranched alkanes of at least 4 members (excludes halogenated alkanes) is 9. The van der Waals surface area contributed by atoms with Crippen LogP contribution in [0.25, 0.3) is 0 Å². The highest BCUT2D eigenvalue weighted by atomic mass is 16.5. The van der Waals surface area contributed by atoms with Crippen LogP contribution in [-0.2, 0) is 9.53 Å². The van der Waals surface area contributed by atoms with E-state index in [-0.39, 0.29) is 11.9 Å². The average molecular weight is 339 g/mol. The van der Waals surface area contributed by atoms with Gasteiger partial charge in [0.25, 0.3) is 0 Å². The van der Waals surface area contributed by atoms with Gasteiger partial charge in [-0.05, 0) is 39.0 Å². The van der Waals surface area contributed by atoms with E-state index in [1.165, 1.54) is 64.2 Å². The molecular weight excluding hydrogens is 296 g/mol. The lowest BCUT2D eigenvalue weighted by Gasteiger charge is -2.13. The third kappa shape index (κ3) is 14.8. The summed E-state index contributed by atoms with van der Waals surface area (Å²) in [6, 6.07) is 0. The van der Waals surface area contributed by atoms with E-state index < -0.39 is 0 Å². The lowest BCUT2D eigenvalue weighted by Crippen LogP contribution is -2.17. The highest BCUT2D eigenvalue weighted by Gasteiger charge is 2.17. The first-order chi connectivity index (χ1) is 11.8. The standard InChI is InChI=1S/C22H42O2/c1-4-7-8-9-10-11-12-13-14-15-16-17-18-20-21(19-5-2)22(23)24-6-3/h16-17,21H,4-15,18-20H2,1-3H3. The van der Waals surface area contributed by atoms with Gasteiger partial charge in [0.15, 0.2) is 0 Å². The van der Waals surface area contributed by atoms with Crippen LogP contribution in [0.3, 0.4) is 0 Å². The topological polar surface area (TPSA) is 26.3 Å². The molecule has 0 aliphatic rings. The van der Waals surface area contributed by atoms with Gasteiger partial charge >= 0.3 is 5.97 Å². The van der Waals surface area contributed by atoms with Gasteiger partial charge in [-0.3, -0.25) is 4.79 Å². The predicted octanol–water partition coefficient (Wildman–Crippen LogP) is 7.22. The summed E-state index contributed by atoms with van der Waals surface area (Å²) in [6.07, 6.45) is 22.1. The van der Waals surface area contributed by atoms with Gasteiger partial charge in [0.2, 0.25) is 0 Å². The molecular formula is C22H42O2. The van der Waals surface area contributed by atoms with Crippen LogP contribution >= 0.6 is 0 Å². The van der Waals surface area contributed by atoms with E-state index in [1.54, 1.807) is 0 Å². The monoisotopic (exact) mass is 338 g/mol. The van der Waals surface area contributed by atoms with Crippen LogP contribution in [0, 0.1) is 5.92 Å². The maximum atomic E-state index is 11.8. The molecule has 0 aliphatic carbocycles. The molecule has 0 radical (unpaired) electrons. The molecule has 2 nitrogen and oxygen atoms in total. The molecule has 0 aromatic heterocycles. The maximum absolute atomic E-state index is 11.8. The lowest BCUT2D eigenvalue weighted by atomic mass is 9.98. The van der Waals surface area contributed by atoms with E-state index in [1.807, 2.05) is 6.92 Å². The molecule has 0 aromatic carbocycles. The van der Waals surface area contributed by atoms with Crippen molar-refractivity contribution in [2.24, 2.45) is 5.92 Å². The van der Waals surface area contributed by atoms with Gasteiger partial charge < -0.3 is 4.74 Å². The molecule has 0 saturated heterocycles. The van der Waals surface area contributed by atoms with E-state index in [4.69, 9.17) is 4.74 Å². The van der Waals surface area contributed by atoms with Gasteiger partial charge in [-0.15, -0.1) is 0 Å². The molecule has 0 rings (SSSR count). The number of hydrogen-bond acceptors (Lipinski definition) is 2. The van der Waals surface area contributed by atoms with Gasteiger partial charge in [-0.1, -0.05) is 83.8 Å². The van der Waals surface area contributed by atoms with Crippen molar-refractivity contribution in [3.8, 4) is 0 Å². The molecule has 1 atom stereocenters. The second-order valence-electron chi connectivity index (χ2n) is 6.90.